The van der Waals surface area contributed by atoms with Crippen molar-refractivity contribution in [2.45, 2.75) is 6.42 Å². The zero-order chi connectivity index (χ0) is 19.4. The summed E-state index contributed by atoms with van der Waals surface area (Å²) in [6.07, 6.45) is 2.70. The molecule has 2 aromatic heterocycles. The molecule has 0 fully saturated rings. The zero-order valence-electron chi connectivity index (χ0n) is 14.0. The molecule has 0 saturated carbocycles. The fourth-order valence-electron chi connectivity index (χ4n) is 2.46. The molecular formula is C17H16FN5O4. The summed E-state index contributed by atoms with van der Waals surface area (Å²) in [6.45, 7) is 0.429. The number of rotatable bonds is 5. The summed E-state index contributed by atoms with van der Waals surface area (Å²) in [5.41, 5.74) is -0.867. The van der Waals surface area contributed by atoms with Crippen LogP contribution in [0.15, 0.2) is 46.2 Å². The lowest BCUT2D eigenvalue weighted by atomic mass is 10.1. The molecule has 0 aliphatic heterocycles. The minimum absolute atomic E-state index is 0.141. The van der Waals surface area contributed by atoms with E-state index in [9.17, 15) is 23.6 Å². The molecule has 0 atom stereocenters. The fraction of sp³-hybridized carbons (Fsp3) is 0.176. The lowest BCUT2D eigenvalue weighted by molar-refractivity contribution is 0.0953. The van der Waals surface area contributed by atoms with E-state index in [1.807, 2.05) is 12.1 Å². The first-order valence-corrected chi connectivity index (χ1v) is 8.11. The summed E-state index contributed by atoms with van der Waals surface area (Å²) in [5.74, 6) is -1.49. The molecule has 0 unspecified atom stereocenters. The van der Waals surface area contributed by atoms with E-state index in [1.165, 1.54) is 0 Å². The van der Waals surface area contributed by atoms with Gasteiger partial charge in [0.2, 0.25) is 5.82 Å². The lowest BCUT2D eigenvalue weighted by Gasteiger charge is -2.08. The number of carbonyl (C=O) groups excluding carboxylic acids is 2. The van der Waals surface area contributed by atoms with E-state index in [0.29, 0.717) is 22.7 Å². The number of nitrogens with zero attached hydrogens (tertiary/aromatic N) is 1. The largest absolute Gasteiger partial charge is 0.361 e. The molecule has 2 amide bonds. The molecule has 0 radical (unpaired) electrons. The Morgan fingerprint density at radius 3 is 2.70 bits per heavy atom. The minimum Gasteiger partial charge on any atom is -0.361 e. The van der Waals surface area contributed by atoms with E-state index in [0.717, 1.165) is 10.9 Å². The summed E-state index contributed by atoms with van der Waals surface area (Å²) < 4.78 is 13.6. The third kappa shape index (κ3) is 4.11. The highest BCUT2D eigenvalue weighted by atomic mass is 19.1. The van der Waals surface area contributed by atoms with Crippen LogP contribution in [-0.2, 0) is 0 Å². The number of carbonyl (C=O) groups is 2. The van der Waals surface area contributed by atoms with Crippen LogP contribution < -0.4 is 21.9 Å². The first-order chi connectivity index (χ1) is 13.0. The van der Waals surface area contributed by atoms with E-state index in [2.05, 4.69) is 15.6 Å². The summed E-state index contributed by atoms with van der Waals surface area (Å²) in [7, 11) is 0. The molecule has 0 saturated heterocycles. The van der Waals surface area contributed by atoms with E-state index in [4.69, 9.17) is 0 Å². The summed E-state index contributed by atoms with van der Waals surface area (Å²) in [5, 5.41) is 6.12. The van der Waals surface area contributed by atoms with Gasteiger partial charge >= 0.3 is 11.7 Å². The lowest BCUT2D eigenvalue weighted by Crippen LogP contribution is -2.41. The molecule has 4 N–H and O–H groups in total. The maximum absolute atomic E-state index is 13.2. The smallest absolute Gasteiger partial charge is 0.336 e. The standard InChI is InChI=1S/C17H16FN5O4/c18-12-9-23(17(27)22-15(12)25)16(26)21-6-1-5-20-14(24)11-3-2-10-4-7-19-13(10)8-11/h2-4,7-9,19H,1,5-6H2,(H,20,24)(H,21,26)(H,22,25,27). The van der Waals surface area contributed by atoms with Gasteiger partial charge in [-0.3, -0.25) is 14.6 Å². The Bertz CT molecular complexity index is 1110. The average Bonchev–Trinajstić information content (AvgIpc) is 3.11. The Morgan fingerprint density at radius 2 is 1.89 bits per heavy atom. The van der Waals surface area contributed by atoms with Gasteiger partial charge in [0, 0.05) is 30.4 Å². The molecule has 0 aliphatic rings. The molecule has 3 rings (SSSR count). The molecule has 0 bridgehead atoms. The number of aromatic amines is 2. The van der Waals surface area contributed by atoms with Crippen LogP contribution >= 0.6 is 0 Å². The van der Waals surface area contributed by atoms with Crippen molar-refractivity contribution in [3.8, 4) is 0 Å². The number of nitrogens with one attached hydrogen (secondary N) is 4. The third-order valence-electron chi connectivity index (χ3n) is 3.85. The second kappa shape index (κ2) is 7.68. The zero-order valence-corrected chi connectivity index (χ0v) is 14.0. The van der Waals surface area contributed by atoms with Gasteiger partial charge in [0.25, 0.3) is 11.5 Å². The monoisotopic (exact) mass is 373 g/mol. The molecule has 9 nitrogen and oxygen atoms in total. The van der Waals surface area contributed by atoms with Crippen molar-refractivity contribution in [2.24, 2.45) is 0 Å². The number of amides is 2. The van der Waals surface area contributed by atoms with Crippen LogP contribution in [0, 0.1) is 5.82 Å². The number of hydrogen-bond donors (Lipinski definition) is 4. The van der Waals surface area contributed by atoms with Crippen LogP contribution in [0.4, 0.5) is 9.18 Å². The molecule has 140 valence electrons. The van der Waals surface area contributed by atoms with Gasteiger partial charge in [-0.25, -0.2) is 14.2 Å². The van der Waals surface area contributed by atoms with E-state index in [-0.39, 0.29) is 19.0 Å². The molecule has 3 aromatic rings. The second-order valence-corrected chi connectivity index (χ2v) is 5.73. The normalized spacial score (nSPS) is 10.7. The predicted molar refractivity (Wildman–Crippen MR) is 95.3 cm³/mol. The van der Waals surface area contributed by atoms with Crippen LogP contribution in [0.1, 0.15) is 16.8 Å². The van der Waals surface area contributed by atoms with Crippen molar-refractivity contribution in [1.82, 2.24) is 25.2 Å². The van der Waals surface area contributed by atoms with E-state index < -0.39 is 23.1 Å². The maximum Gasteiger partial charge on any atom is 0.336 e. The number of benzene rings is 1. The first-order valence-electron chi connectivity index (χ1n) is 8.11. The van der Waals surface area contributed by atoms with Crippen molar-refractivity contribution in [3.63, 3.8) is 0 Å². The first kappa shape index (κ1) is 18.1. The number of aromatic nitrogens is 3. The topological polar surface area (TPSA) is 129 Å². The van der Waals surface area contributed by atoms with E-state index >= 15 is 0 Å². The van der Waals surface area contributed by atoms with Crippen molar-refractivity contribution in [1.29, 1.82) is 0 Å². The number of fused-ring (bicyclic) bond motifs is 1. The summed E-state index contributed by atoms with van der Waals surface area (Å²) in [6, 6.07) is 6.31. The van der Waals surface area contributed by atoms with Gasteiger partial charge in [0.1, 0.15) is 0 Å². The van der Waals surface area contributed by atoms with Gasteiger partial charge in [0.15, 0.2) is 0 Å². The fourth-order valence-corrected chi connectivity index (χ4v) is 2.46. The predicted octanol–water partition coefficient (Wildman–Crippen LogP) is 0.535. The Morgan fingerprint density at radius 1 is 1.11 bits per heavy atom. The van der Waals surface area contributed by atoms with Gasteiger partial charge in [-0.2, -0.15) is 4.39 Å². The van der Waals surface area contributed by atoms with Crippen molar-refractivity contribution < 1.29 is 14.0 Å². The van der Waals surface area contributed by atoms with Crippen LogP contribution in [-0.4, -0.2) is 39.6 Å². The van der Waals surface area contributed by atoms with Gasteiger partial charge in [-0.15, -0.1) is 0 Å². The minimum atomic E-state index is -1.24. The van der Waals surface area contributed by atoms with Crippen LogP contribution in [0.2, 0.25) is 0 Å². The molecule has 1 aromatic carbocycles. The molecular weight excluding hydrogens is 357 g/mol. The van der Waals surface area contributed by atoms with Gasteiger partial charge in [-0.1, -0.05) is 6.07 Å². The Kier molecular flexibility index (Phi) is 5.15. The van der Waals surface area contributed by atoms with Crippen LogP contribution in [0.3, 0.4) is 0 Å². The highest BCUT2D eigenvalue weighted by Gasteiger charge is 2.10. The van der Waals surface area contributed by atoms with Crippen LogP contribution in [0.25, 0.3) is 10.9 Å². The second-order valence-electron chi connectivity index (χ2n) is 5.73. The number of halogens is 1. The average molecular weight is 373 g/mol. The summed E-state index contributed by atoms with van der Waals surface area (Å²) >= 11 is 0. The Hall–Kier alpha value is -3.69. The van der Waals surface area contributed by atoms with Crippen LogP contribution in [0.5, 0.6) is 0 Å². The van der Waals surface area contributed by atoms with Gasteiger partial charge in [0.05, 0.1) is 6.20 Å². The van der Waals surface area contributed by atoms with Crippen molar-refractivity contribution in [2.75, 3.05) is 13.1 Å². The highest BCUT2D eigenvalue weighted by molar-refractivity contribution is 5.97. The van der Waals surface area contributed by atoms with Gasteiger partial charge in [-0.05, 0) is 30.0 Å². The molecule has 0 spiro atoms. The summed E-state index contributed by atoms with van der Waals surface area (Å²) in [4.78, 5) is 51.0. The third-order valence-corrected chi connectivity index (χ3v) is 3.85. The Balaban J connectivity index is 1.47. The molecule has 2 heterocycles. The maximum atomic E-state index is 13.2. The number of hydrogen-bond acceptors (Lipinski definition) is 4. The number of H-pyrrole nitrogens is 2. The molecule has 0 aliphatic carbocycles. The van der Waals surface area contributed by atoms with E-state index in [1.54, 1.807) is 23.3 Å². The SMILES string of the molecule is O=C(NCCCNC(=O)n1cc(F)c(=O)[nH]c1=O)c1ccc2cc[nH]c2c1. The quantitative estimate of drug-likeness (QED) is 0.486. The van der Waals surface area contributed by atoms with Gasteiger partial charge < -0.3 is 15.6 Å². The molecule has 27 heavy (non-hydrogen) atoms. The Labute approximate surface area is 151 Å². The highest BCUT2D eigenvalue weighted by Crippen LogP contribution is 2.13. The van der Waals surface area contributed by atoms with Crippen molar-refractivity contribution in [3.05, 3.63) is 68.9 Å². The molecule has 10 heteroatoms. The van der Waals surface area contributed by atoms with Crippen molar-refractivity contribution >= 4 is 22.8 Å².